The molecular weight excluding hydrogens is 306 g/mol. The molecule has 7 heteroatoms. The van der Waals surface area contributed by atoms with Crippen molar-refractivity contribution in [2.75, 3.05) is 6.54 Å². The molecule has 1 aromatic rings. The van der Waals surface area contributed by atoms with Gasteiger partial charge in [0, 0.05) is 4.47 Å². The number of hydrogen-bond acceptors (Lipinski definition) is 4. The minimum Gasteiger partial charge on any atom is -0.480 e. The third-order valence-corrected chi connectivity index (χ3v) is 2.80. The lowest BCUT2D eigenvalue weighted by atomic mass is 10.0. The van der Waals surface area contributed by atoms with Gasteiger partial charge in [-0.25, -0.2) is 4.79 Å². The Balaban J connectivity index is 2.92. The topological polar surface area (TPSA) is 107 Å². The summed E-state index contributed by atoms with van der Waals surface area (Å²) in [5.41, 5.74) is 0.495. The van der Waals surface area contributed by atoms with Gasteiger partial charge in [0.15, 0.2) is 6.10 Å². The molecule has 0 aliphatic carbocycles. The van der Waals surface area contributed by atoms with Crippen LogP contribution in [-0.2, 0) is 9.59 Å². The Morgan fingerprint density at radius 1 is 1.22 bits per heavy atom. The van der Waals surface area contributed by atoms with Gasteiger partial charge in [-0.1, -0.05) is 28.1 Å². The molecular formula is C11H12BrNO5. The number of carboxylic acid groups (broad SMARTS) is 2. The van der Waals surface area contributed by atoms with Gasteiger partial charge in [0.2, 0.25) is 0 Å². The molecule has 0 saturated carbocycles. The first-order valence-corrected chi connectivity index (χ1v) is 5.82. The van der Waals surface area contributed by atoms with Crippen LogP contribution in [0.25, 0.3) is 0 Å². The Morgan fingerprint density at radius 3 is 2.22 bits per heavy atom. The van der Waals surface area contributed by atoms with Gasteiger partial charge >= 0.3 is 11.9 Å². The molecule has 2 unspecified atom stereocenters. The number of aliphatic carboxylic acids is 2. The standard InChI is InChI=1S/C11H12BrNO5/c12-7-3-1-6(2-4-7)9(10(16)11(17)18)13-5-8(14)15/h1-4,9-10,13,16H,5H2,(H,14,15)(H,17,18). The van der Waals surface area contributed by atoms with Crippen LogP contribution in [0, 0.1) is 0 Å². The van der Waals surface area contributed by atoms with E-state index in [-0.39, 0.29) is 0 Å². The van der Waals surface area contributed by atoms with E-state index in [1.165, 1.54) is 0 Å². The zero-order valence-electron chi connectivity index (χ0n) is 9.21. The van der Waals surface area contributed by atoms with Crippen LogP contribution < -0.4 is 5.32 Å². The molecule has 0 amide bonds. The van der Waals surface area contributed by atoms with Crippen molar-refractivity contribution in [3.05, 3.63) is 34.3 Å². The van der Waals surface area contributed by atoms with E-state index in [0.717, 1.165) is 4.47 Å². The Bertz CT molecular complexity index is 434. The normalized spacial score (nSPS) is 13.9. The molecule has 98 valence electrons. The van der Waals surface area contributed by atoms with Crippen molar-refractivity contribution >= 4 is 27.9 Å². The largest absolute Gasteiger partial charge is 0.480 e. The third-order valence-electron chi connectivity index (χ3n) is 2.27. The smallest absolute Gasteiger partial charge is 0.334 e. The van der Waals surface area contributed by atoms with Gasteiger partial charge in [0.05, 0.1) is 12.6 Å². The highest BCUT2D eigenvalue weighted by Gasteiger charge is 2.27. The maximum absolute atomic E-state index is 10.8. The summed E-state index contributed by atoms with van der Waals surface area (Å²) < 4.78 is 0.799. The Kier molecular flexibility index (Phi) is 5.26. The Morgan fingerprint density at radius 2 is 1.78 bits per heavy atom. The number of nitrogens with one attached hydrogen (secondary N) is 1. The van der Waals surface area contributed by atoms with Crippen LogP contribution in [0.1, 0.15) is 11.6 Å². The van der Waals surface area contributed by atoms with Crippen molar-refractivity contribution in [2.45, 2.75) is 12.1 Å². The van der Waals surface area contributed by atoms with Crippen LogP contribution in [-0.4, -0.2) is 39.9 Å². The SMILES string of the molecule is O=C(O)CNC(c1ccc(Br)cc1)C(O)C(=O)O. The summed E-state index contributed by atoms with van der Waals surface area (Å²) in [5, 5.41) is 29.4. The van der Waals surface area contributed by atoms with E-state index in [0.29, 0.717) is 5.56 Å². The van der Waals surface area contributed by atoms with Crippen molar-refractivity contribution in [3.8, 4) is 0 Å². The van der Waals surface area contributed by atoms with Gasteiger partial charge < -0.3 is 15.3 Å². The zero-order chi connectivity index (χ0) is 13.7. The Hall–Kier alpha value is -1.44. The molecule has 0 bridgehead atoms. The number of carbonyl (C=O) groups is 2. The lowest BCUT2D eigenvalue weighted by molar-refractivity contribution is -0.149. The van der Waals surface area contributed by atoms with Crippen molar-refractivity contribution in [2.24, 2.45) is 0 Å². The van der Waals surface area contributed by atoms with Crippen LogP contribution in [0.5, 0.6) is 0 Å². The van der Waals surface area contributed by atoms with Crippen molar-refractivity contribution in [1.82, 2.24) is 5.32 Å². The van der Waals surface area contributed by atoms with E-state index < -0.39 is 30.6 Å². The molecule has 0 spiro atoms. The van der Waals surface area contributed by atoms with Crippen molar-refractivity contribution in [3.63, 3.8) is 0 Å². The van der Waals surface area contributed by atoms with Crippen LogP contribution in [0.4, 0.5) is 0 Å². The van der Waals surface area contributed by atoms with E-state index in [2.05, 4.69) is 21.2 Å². The van der Waals surface area contributed by atoms with Crippen LogP contribution in [0.2, 0.25) is 0 Å². The second-order valence-corrected chi connectivity index (χ2v) is 4.50. The van der Waals surface area contributed by atoms with Crippen LogP contribution in [0.3, 0.4) is 0 Å². The fraction of sp³-hybridized carbons (Fsp3) is 0.273. The summed E-state index contributed by atoms with van der Waals surface area (Å²) in [5.74, 6) is -2.55. The number of halogens is 1. The first-order valence-electron chi connectivity index (χ1n) is 5.03. The minimum absolute atomic E-state index is 0.439. The molecule has 0 aliphatic heterocycles. The monoisotopic (exact) mass is 317 g/mol. The van der Waals surface area contributed by atoms with Crippen LogP contribution in [0.15, 0.2) is 28.7 Å². The second-order valence-electron chi connectivity index (χ2n) is 3.59. The van der Waals surface area contributed by atoms with Gasteiger partial charge in [0.1, 0.15) is 0 Å². The molecule has 0 saturated heterocycles. The number of aliphatic hydroxyl groups is 1. The molecule has 6 nitrogen and oxygen atoms in total. The highest BCUT2D eigenvalue weighted by Crippen LogP contribution is 2.20. The van der Waals surface area contributed by atoms with Gasteiger partial charge in [-0.05, 0) is 17.7 Å². The highest BCUT2D eigenvalue weighted by molar-refractivity contribution is 9.10. The predicted molar refractivity (Wildman–Crippen MR) is 66.2 cm³/mol. The lowest BCUT2D eigenvalue weighted by Crippen LogP contribution is -2.39. The average Bonchev–Trinajstić information content (AvgIpc) is 2.30. The molecule has 1 rings (SSSR count). The summed E-state index contributed by atoms with van der Waals surface area (Å²) >= 11 is 3.23. The summed E-state index contributed by atoms with van der Waals surface area (Å²) in [6, 6.07) is 5.59. The number of rotatable bonds is 6. The first-order chi connectivity index (χ1) is 8.41. The zero-order valence-corrected chi connectivity index (χ0v) is 10.8. The molecule has 4 N–H and O–H groups in total. The maximum Gasteiger partial charge on any atom is 0.334 e. The number of aliphatic hydroxyl groups excluding tert-OH is 1. The maximum atomic E-state index is 10.8. The fourth-order valence-corrected chi connectivity index (χ4v) is 1.69. The summed E-state index contributed by atoms with van der Waals surface area (Å²) in [6.45, 7) is -0.439. The molecule has 2 atom stereocenters. The molecule has 0 aromatic heterocycles. The molecule has 0 heterocycles. The van der Waals surface area contributed by atoms with Crippen molar-refractivity contribution in [1.29, 1.82) is 0 Å². The number of carboxylic acids is 2. The van der Waals surface area contributed by atoms with E-state index in [1.807, 2.05) is 0 Å². The van der Waals surface area contributed by atoms with Crippen LogP contribution >= 0.6 is 15.9 Å². The van der Waals surface area contributed by atoms with E-state index >= 15 is 0 Å². The minimum atomic E-state index is -1.72. The second kappa shape index (κ2) is 6.48. The van der Waals surface area contributed by atoms with Crippen molar-refractivity contribution < 1.29 is 24.9 Å². The quantitative estimate of drug-likeness (QED) is 0.612. The van der Waals surface area contributed by atoms with Gasteiger partial charge in [-0.3, -0.25) is 10.1 Å². The number of hydrogen-bond donors (Lipinski definition) is 4. The summed E-state index contributed by atoms with van der Waals surface area (Å²) in [7, 11) is 0. The van der Waals surface area contributed by atoms with Gasteiger partial charge in [-0.2, -0.15) is 0 Å². The number of benzene rings is 1. The van der Waals surface area contributed by atoms with Gasteiger partial charge in [0.25, 0.3) is 0 Å². The molecule has 0 aliphatic rings. The molecule has 0 fully saturated rings. The lowest BCUT2D eigenvalue weighted by Gasteiger charge is -2.21. The first kappa shape index (κ1) is 14.6. The predicted octanol–water partition coefficient (Wildman–Crippen LogP) is 0.610. The summed E-state index contributed by atoms with van der Waals surface area (Å²) in [6.07, 6.45) is -1.72. The summed E-state index contributed by atoms with van der Waals surface area (Å²) in [4.78, 5) is 21.3. The molecule has 18 heavy (non-hydrogen) atoms. The van der Waals surface area contributed by atoms with Gasteiger partial charge in [-0.15, -0.1) is 0 Å². The third kappa shape index (κ3) is 4.10. The highest BCUT2D eigenvalue weighted by atomic mass is 79.9. The Labute approximate surface area is 111 Å². The molecule has 1 aromatic carbocycles. The van der Waals surface area contributed by atoms with E-state index in [4.69, 9.17) is 10.2 Å². The van der Waals surface area contributed by atoms with E-state index in [9.17, 15) is 14.7 Å². The average molecular weight is 318 g/mol. The molecule has 0 radical (unpaired) electrons. The van der Waals surface area contributed by atoms with E-state index in [1.54, 1.807) is 24.3 Å². The fourth-order valence-electron chi connectivity index (χ4n) is 1.42.